The molecule has 0 aliphatic rings. The molecule has 0 fully saturated rings. The lowest BCUT2D eigenvalue weighted by atomic mass is 10.0. The second kappa shape index (κ2) is 8.60. The van der Waals surface area contributed by atoms with Gasteiger partial charge >= 0.3 is 6.36 Å². The molecular formula is C20H14F3N3O4. The zero-order valence-electron chi connectivity index (χ0n) is 15.4. The van der Waals surface area contributed by atoms with E-state index in [1.165, 1.54) is 55.9 Å². The molecule has 3 aromatic rings. The first-order valence-corrected chi connectivity index (χ1v) is 8.44. The molecule has 0 unspecified atom stereocenters. The number of rotatable bonds is 6. The third kappa shape index (κ3) is 5.10. The number of nitrogens with zero attached hydrogens (tertiary/aromatic N) is 2. The van der Waals surface area contributed by atoms with Crippen LogP contribution in [0.3, 0.4) is 0 Å². The average Bonchev–Trinajstić information content (AvgIpc) is 2.73. The monoisotopic (exact) mass is 417 g/mol. The number of hydrogen-bond acceptors (Lipinski definition) is 6. The lowest BCUT2D eigenvalue weighted by molar-refractivity contribution is -0.275. The number of ether oxygens (including phenoxy) is 2. The van der Waals surface area contributed by atoms with Crippen LogP contribution in [0, 0.1) is 0 Å². The normalized spacial score (nSPS) is 10.9. The third-order valence-electron chi connectivity index (χ3n) is 3.83. The maximum Gasteiger partial charge on any atom is 0.573 e. The van der Waals surface area contributed by atoms with Gasteiger partial charge in [-0.15, -0.1) is 13.2 Å². The van der Waals surface area contributed by atoms with Gasteiger partial charge in [0, 0.05) is 29.2 Å². The van der Waals surface area contributed by atoms with Crippen molar-refractivity contribution in [3.8, 4) is 11.5 Å². The average molecular weight is 417 g/mol. The van der Waals surface area contributed by atoms with Crippen LogP contribution < -0.4 is 14.8 Å². The number of aromatic nitrogens is 2. The van der Waals surface area contributed by atoms with Crippen LogP contribution in [0.15, 0.2) is 60.9 Å². The van der Waals surface area contributed by atoms with Crippen molar-refractivity contribution < 1.29 is 32.2 Å². The van der Waals surface area contributed by atoms with Crippen molar-refractivity contribution in [3.05, 3.63) is 77.9 Å². The molecule has 0 aliphatic carbocycles. The summed E-state index contributed by atoms with van der Waals surface area (Å²) in [7, 11) is 1.19. The maximum absolute atomic E-state index is 12.6. The summed E-state index contributed by atoms with van der Waals surface area (Å²) in [5.41, 5.74) is 0.566. The number of alkyl halides is 3. The van der Waals surface area contributed by atoms with E-state index >= 15 is 0 Å². The minimum Gasteiger partial charge on any atom is -0.493 e. The van der Waals surface area contributed by atoms with Gasteiger partial charge in [0.05, 0.1) is 7.11 Å². The first-order valence-electron chi connectivity index (χ1n) is 8.44. The van der Waals surface area contributed by atoms with E-state index in [0.29, 0.717) is 5.69 Å². The van der Waals surface area contributed by atoms with Crippen molar-refractivity contribution in [2.75, 3.05) is 12.4 Å². The lowest BCUT2D eigenvalue weighted by Crippen LogP contribution is -2.18. The number of methoxy groups -OCH3 is 1. The molecule has 154 valence electrons. The Kier molecular flexibility index (Phi) is 5.95. The van der Waals surface area contributed by atoms with Gasteiger partial charge in [-0.2, -0.15) is 0 Å². The number of carbonyl (C=O) groups is 2. The Bertz CT molecular complexity index is 1060. The highest BCUT2D eigenvalue weighted by atomic mass is 19.4. The van der Waals surface area contributed by atoms with Gasteiger partial charge in [-0.25, -0.2) is 9.97 Å². The number of hydrogen-bond donors (Lipinski definition) is 1. The first kappa shape index (κ1) is 20.8. The molecule has 0 saturated heterocycles. The number of halogens is 3. The van der Waals surface area contributed by atoms with Crippen LogP contribution in [-0.4, -0.2) is 35.1 Å². The molecule has 1 N–H and O–H groups in total. The van der Waals surface area contributed by atoms with Gasteiger partial charge in [0.15, 0.2) is 17.3 Å². The van der Waals surface area contributed by atoms with Crippen molar-refractivity contribution in [2.45, 2.75) is 6.36 Å². The molecule has 0 bridgehead atoms. The second-order valence-corrected chi connectivity index (χ2v) is 5.85. The molecule has 1 amide bonds. The topological polar surface area (TPSA) is 90.4 Å². The number of amides is 1. The van der Waals surface area contributed by atoms with E-state index in [0.717, 1.165) is 6.07 Å². The van der Waals surface area contributed by atoms with Gasteiger partial charge in [-0.1, -0.05) is 0 Å². The minimum atomic E-state index is -4.93. The highest BCUT2D eigenvalue weighted by Gasteiger charge is 2.33. The summed E-state index contributed by atoms with van der Waals surface area (Å²) in [5, 5.41) is 2.58. The molecule has 0 aliphatic heterocycles. The van der Waals surface area contributed by atoms with Gasteiger partial charge in [0.1, 0.15) is 0 Å². The Balaban J connectivity index is 1.77. The third-order valence-corrected chi connectivity index (χ3v) is 3.83. The van der Waals surface area contributed by atoms with Gasteiger partial charge in [-0.05, 0) is 48.5 Å². The maximum atomic E-state index is 12.6. The Morgan fingerprint density at radius 2 is 1.57 bits per heavy atom. The summed E-state index contributed by atoms with van der Waals surface area (Å²) < 4.78 is 46.5. The molecule has 2 aromatic carbocycles. The number of carbonyl (C=O) groups excluding carboxylic acids is 2. The van der Waals surface area contributed by atoms with E-state index in [1.54, 1.807) is 6.07 Å². The fourth-order valence-electron chi connectivity index (χ4n) is 2.50. The molecular weight excluding hydrogens is 403 g/mol. The SMILES string of the molecule is COc1ccc(C(=O)c2ccc(NC(=O)c3ncccn3)cc2)cc1OC(F)(F)F. The Morgan fingerprint density at radius 3 is 2.17 bits per heavy atom. The number of anilines is 1. The highest BCUT2D eigenvalue weighted by molar-refractivity contribution is 6.09. The van der Waals surface area contributed by atoms with Gasteiger partial charge in [0.2, 0.25) is 5.82 Å². The lowest BCUT2D eigenvalue weighted by Gasteiger charge is -2.13. The predicted molar refractivity (Wildman–Crippen MR) is 99.5 cm³/mol. The van der Waals surface area contributed by atoms with E-state index in [1.807, 2.05) is 0 Å². The molecule has 0 saturated carbocycles. The van der Waals surface area contributed by atoms with Gasteiger partial charge < -0.3 is 14.8 Å². The molecule has 0 spiro atoms. The quantitative estimate of drug-likeness (QED) is 0.613. The number of benzene rings is 2. The van der Waals surface area contributed by atoms with Crippen LogP contribution in [0.25, 0.3) is 0 Å². The predicted octanol–water partition coefficient (Wildman–Crippen LogP) is 3.87. The van der Waals surface area contributed by atoms with E-state index in [-0.39, 0.29) is 22.7 Å². The molecule has 1 heterocycles. The van der Waals surface area contributed by atoms with Crippen molar-refractivity contribution in [2.24, 2.45) is 0 Å². The van der Waals surface area contributed by atoms with Crippen molar-refractivity contribution in [1.82, 2.24) is 9.97 Å². The van der Waals surface area contributed by atoms with E-state index in [9.17, 15) is 22.8 Å². The Morgan fingerprint density at radius 1 is 0.933 bits per heavy atom. The van der Waals surface area contributed by atoms with Crippen molar-refractivity contribution in [3.63, 3.8) is 0 Å². The summed E-state index contributed by atoms with van der Waals surface area (Å²) in [6.45, 7) is 0. The molecule has 30 heavy (non-hydrogen) atoms. The summed E-state index contributed by atoms with van der Waals surface area (Å²) in [6.07, 6.45) is -2.08. The number of ketones is 1. The zero-order chi connectivity index (χ0) is 21.7. The summed E-state index contributed by atoms with van der Waals surface area (Å²) in [4.78, 5) is 32.3. The van der Waals surface area contributed by atoms with Crippen LogP contribution in [0.2, 0.25) is 0 Å². The van der Waals surface area contributed by atoms with Gasteiger partial charge in [0.25, 0.3) is 5.91 Å². The number of nitrogens with one attached hydrogen (secondary N) is 1. The molecule has 10 heteroatoms. The van der Waals surface area contributed by atoms with Crippen LogP contribution in [0.5, 0.6) is 11.5 Å². The first-order chi connectivity index (χ1) is 14.3. The van der Waals surface area contributed by atoms with Crippen LogP contribution in [-0.2, 0) is 0 Å². The summed E-state index contributed by atoms with van der Waals surface area (Å²) >= 11 is 0. The summed E-state index contributed by atoms with van der Waals surface area (Å²) in [6, 6.07) is 10.9. The Labute approximate surface area is 168 Å². The van der Waals surface area contributed by atoms with Crippen molar-refractivity contribution in [1.29, 1.82) is 0 Å². The molecule has 1 aromatic heterocycles. The molecule has 7 nitrogen and oxygen atoms in total. The Hall–Kier alpha value is -3.95. The smallest absolute Gasteiger partial charge is 0.493 e. The van der Waals surface area contributed by atoms with Crippen LogP contribution in [0.4, 0.5) is 18.9 Å². The van der Waals surface area contributed by atoms with Crippen LogP contribution >= 0.6 is 0 Å². The zero-order valence-corrected chi connectivity index (χ0v) is 15.4. The molecule has 0 radical (unpaired) electrons. The largest absolute Gasteiger partial charge is 0.573 e. The standard InChI is InChI=1S/C20H14F3N3O4/c1-29-15-8-5-13(11-16(15)30-20(21,22)23)17(27)12-3-6-14(7-4-12)26-19(28)18-24-9-2-10-25-18/h2-11H,1H3,(H,26,28). The van der Waals surface area contributed by atoms with E-state index in [2.05, 4.69) is 20.0 Å². The fourth-order valence-corrected chi connectivity index (χ4v) is 2.50. The molecule has 3 rings (SSSR count). The highest BCUT2D eigenvalue weighted by Crippen LogP contribution is 2.33. The second-order valence-electron chi connectivity index (χ2n) is 5.85. The van der Waals surface area contributed by atoms with Crippen molar-refractivity contribution >= 4 is 17.4 Å². The summed E-state index contributed by atoms with van der Waals surface area (Å²) in [5.74, 6) is -1.87. The van der Waals surface area contributed by atoms with Gasteiger partial charge in [-0.3, -0.25) is 9.59 Å². The van der Waals surface area contributed by atoms with E-state index in [4.69, 9.17) is 4.74 Å². The fraction of sp³-hybridized carbons (Fsp3) is 0.100. The van der Waals surface area contributed by atoms with Crippen LogP contribution in [0.1, 0.15) is 26.5 Å². The molecule has 0 atom stereocenters. The van der Waals surface area contributed by atoms with E-state index < -0.39 is 23.8 Å². The minimum absolute atomic E-state index is 0.0203.